The van der Waals surface area contributed by atoms with Crippen LogP contribution in [0.1, 0.15) is 17.3 Å². The number of esters is 2. The molecule has 0 saturated carbocycles. The number of hydrogen-bond donors (Lipinski definition) is 1. The average Bonchev–Trinajstić information content (AvgIpc) is 2.03. The van der Waals surface area contributed by atoms with Crippen LogP contribution >= 0.6 is 0 Å². The third kappa shape index (κ3) is 5.84. The van der Waals surface area contributed by atoms with E-state index in [4.69, 9.17) is 0 Å². The summed E-state index contributed by atoms with van der Waals surface area (Å²) in [4.78, 5) is 21.5. The molecule has 0 bridgehead atoms. The third-order valence-corrected chi connectivity index (χ3v) is 1.36. The zero-order valence-corrected chi connectivity index (χ0v) is 7.98. The van der Waals surface area contributed by atoms with E-state index in [1.807, 2.05) is 0 Å². The van der Waals surface area contributed by atoms with Crippen LogP contribution in [0.25, 0.3) is 0 Å². The quantitative estimate of drug-likeness (QED) is 0.375. The molecule has 86 valence electrons. The summed E-state index contributed by atoms with van der Waals surface area (Å²) in [5.41, 5.74) is -0.0160. The molecule has 0 aliphatic rings. The van der Waals surface area contributed by atoms with E-state index in [0.29, 0.717) is 0 Å². The number of hydrogen-bond acceptors (Lipinski definition) is 4. The second kappa shape index (κ2) is 9.32. The fourth-order valence-corrected chi connectivity index (χ4v) is 0.832. The van der Waals surface area contributed by atoms with Gasteiger partial charge in [0.1, 0.15) is 11.3 Å². The Balaban J connectivity index is -0.000000563. The van der Waals surface area contributed by atoms with Crippen LogP contribution in [0.4, 0.5) is 0 Å². The zero-order chi connectivity index (χ0) is 9.84. The molecular formula is C9H13NaO6. The van der Waals surface area contributed by atoms with E-state index in [1.165, 1.54) is 12.1 Å². The van der Waals surface area contributed by atoms with Crippen LogP contribution in [0.3, 0.4) is 0 Å². The number of ether oxygens (including phenoxy) is 1. The van der Waals surface area contributed by atoms with Crippen LogP contribution in [0.2, 0.25) is 0 Å². The zero-order valence-electron chi connectivity index (χ0n) is 7.98. The maximum atomic E-state index is 11.1. The molecule has 0 atom stereocenters. The molecule has 0 heterocycles. The minimum atomic E-state index is -0.842. The van der Waals surface area contributed by atoms with Gasteiger partial charge in [-0.3, -0.25) is 4.79 Å². The molecule has 0 amide bonds. The van der Waals surface area contributed by atoms with Gasteiger partial charge in [0.15, 0.2) is 0 Å². The van der Waals surface area contributed by atoms with E-state index in [1.54, 1.807) is 12.1 Å². The normalized spacial score (nSPS) is 7.56. The number of para-hydroxylation sites is 1. The first-order valence-corrected chi connectivity index (χ1v) is 3.62. The number of carbonyl (C=O) groups is 2. The first-order valence-electron chi connectivity index (χ1n) is 3.62. The molecule has 0 aromatic heterocycles. The van der Waals surface area contributed by atoms with Gasteiger partial charge in [-0.1, -0.05) is 12.1 Å². The van der Waals surface area contributed by atoms with Crippen molar-refractivity contribution < 1.29 is 30.4 Å². The maximum absolute atomic E-state index is 11.1. The van der Waals surface area contributed by atoms with Crippen molar-refractivity contribution in [1.29, 1.82) is 0 Å². The van der Waals surface area contributed by atoms with Crippen molar-refractivity contribution in [3.05, 3.63) is 29.8 Å². The Hall–Kier alpha value is -0.920. The van der Waals surface area contributed by atoms with E-state index in [0.717, 1.165) is 6.92 Å². The Morgan fingerprint density at radius 1 is 1.19 bits per heavy atom. The first kappa shape index (κ1) is 20.5. The minimum absolute atomic E-state index is 0. The van der Waals surface area contributed by atoms with Crippen LogP contribution in [-0.2, 0) is 9.53 Å². The van der Waals surface area contributed by atoms with Gasteiger partial charge in [0.05, 0.1) is 0 Å². The van der Waals surface area contributed by atoms with Crippen molar-refractivity contribution in [2.24, 2.45) is 0 Å². The van der Waals surface area contributed by atoms with Crippen molar-refractivity contribution in [3.63, 3.8) is 0 Å². The summed E-state index contributed by atoms with van der Waals surface area (Å²) in [7, 11) is 0. The molecule has 7 heteroatoms. The third-order valence-electron chi connectivity index (χ3n) is 1.36. The summed E-state index contributed by atoms with van der Waals surface area (Å²) < 4.78 is 4.28. The molecule has 1 rings (SSSR count). The topological polar surface area (TPSA) is 127 Å². The molecule has 1 aromatic carbocycles. The fraction of sp³-hybridized carbons (Fsp3) is 0.111. The van der Waals surface area contributed by atoms with Crippen molar-refractivity contribution in [3.8, 4) is 5.75 Å². The molecule has 0 aliphatic carbocycles. The Morgan fingerprint density at radius 2 is 1.69 bits per heavy atom. The Labute approximate surface area is 114 Å². The fourth-order valence-electron chi connectivity index (χ4n) is 0.832. The molecule has 6 nitrogen and oxygen atoms in total. The van der Waals surface area contributed by atoms with Gasteiger partial charge in [0.2, 0.25) is 0 Å². The Morgan fingerprint density at radius 3 is 2.12 bits per heavy atom. The summed E-state index contributed by atoms with van der Waals surface area (Å²) >= 11 is 0. The van der Waals surface area contributed by atoms with E-state index < -0.39 is 11.9 Å². The second-order valence-corrected chi connectivity index (χ2v) is 2.40. The number of phenolic OH excluding ortho intramolecular Hbond substituents is 1. The summed E-state index contributed by atoms with van der Waals surface area (Å²) in [5.74, 6) is -1.74. The van der Waals surface area contributed by atoms with Crippen LogP contribution in [-0.4, -0.2) is 57.6 Å². The predicted molar refractivity (Wildman–Crippen MR) is 58.6 cm³/mol. The molecule has 5 N–H and O–H groups in total. The van der Waals surface area contributed by atoms with Crippen molar-refractivity contribution in [2.75, 3.05) is 0 Å². The SMILES string of the molecule is CC(=O)OC(=O)c1ccccc1O.O.O.[NaH]. The number of benzene rings is 1. The molecule has 0 aliphatic heterocycles. The molecule has 0 unspecified atom stereocenters. The van der Waals surface area contributed by atoms with Crippen molar-refractivity contribution >= 4 is 41.5 Å². The van der Waals surface area contributed by atoms with Gasteiger partial charge in [0, 0.05) is 6.92 Å². The van der Waals surface area contributed by atoms with Crippen LogP contribution in [0, 0.1) is 0 Å². The second-order valence-electron chi connectivity index (χ2n) is 2.40. The van der Waals surface area contributed by atoms with Gasteiger partial charge in [-0.2, -0.15) is 0 Å². The van der Waals surface area contributed by atoms with E-state index in [9.17, 15) is 14.7 Å². The van der Waals surface area contributed by atoms with Gasteiger partial charge >= 0.3 is 41.5 Å². The monoisotopic (exact) mass is 240 g/mol. The van der Waals surface area contributed by atoms with Crippen LogP contribution in [0.15, 0.2) is 24.3 Å². The number of rotatable bonds is 1. The molecule has 0 radical (unpaired) electrons. The first-order chi connectivity index (χ1) is 6.11. The summed E-state index contributed by atoms with van der Waals surface area (Å²) in [6.07, 6.45) is 0. The molecule has 0 saturated heterocycles. The van der Waals surface area contributed by atoms with Gasteiger partial charge in [-0.25, -0.2) is 4.79 Å². The van der Waals surface area contributed by atoms with Gasteiger partial charge in [-0.05, 0) is 12.1 Å². The standard InChI is InChI=1S/C9H8O4.Na.2H2O.H/c1-6(10)13-9(12)7-4-2-3-5-8(7)11;;;;/h2-5,11H,1H3;;2*1H2;. The van der Waals surface area contributed by atoms with Crippen LogP contribution < -0.4 is 0 Å². The summed E-state index contributed by atoms with van der Waals surface area (Å²) in [6, 6.07) is 5.85. The van der Waals surface area contributed by atoms with E-state index in [2.05, 4.69) is 4.74 Å². The van der Waals surface area contributed by atoms with Gasteiger partial charge < -0.3 is 20.8 Å². The summed E-state index contributed by atoms with van der Waals surface area (Å²) in [5, 5.41) is 9.18. The Kier molecular flexibility index (Phi) is 11.9. The number of phenols is 1. The molecular weight excluding hydrogens is 227 g/mol. The molecule has 1 aromatic rings. The van der Waals surface area contributed by atoms with Gasteiger partial charge in [0.25, 0.3) is 0 Å². The van der Waals surface area contributed by atoms with E-state index >= 15 is 0 Å². The average molecular weight is 240 g/mol. The predicted octanol–water partition coefficient (Wildman–Crippen LogP) is -1.20. The molecule has 0 spiro atoms. The summed E-state index contributed by atoms with van der Waals surface area (Å²) in [6.45, 7) is 1.12. The number of aromatic hydroxyl groups is 1. The van der Waals surface area contributed by atoms with Crippen LogP contribution in [0.5, 0.6) is 5.75 Å². The molecule has 16 heavy (non-hydrogen) atoms. The van der Waals surface area contributed by atoms with E-state index in [-0.39, 0.29) is 51.8 Å². The Bertz CT molecular complexity index is 352. The molecule has 0 fully saturated rings. The van der Waals surface area contributed by atoms with Crippen molar-refractivity contribution in [1.82, 2.24) is 0 Å². The van der Waals surface area contributed by atoms with Gasteiger partial charge in [-0.15, -0.1) is 0 Å². The number of carbonyl (C=O) groups excluding carboxylic acids is 2. The van der Waals surface area contributed by atoms with Crippen molar-refractivity contribution in [2.45, 2.75) is 6.92 Å².